The molecule has 4 aromatic rings. The van der Waals surface area contributed by atoms with Crippen LogP contribution in [0, 0.1) is 12.7 Å². The summed E-state index contributed by atoms with van der Waals surface area (Å²) in [5.74, 6) is -0.0569. The van der Waals surface area contributed by atoms with E-state index < -0.39 is 0 Å². The summed E-state index contributed by atoms with van der Waals surface area (Å²) in [4.78, 5) is 19.7. The van der Waals surface area contributed by atoms with Crippen molar-refractivity contribution < 1.29 is 9.18 Å². The summed E-state index contributed by atoms with van der Waals surface area (Å²) < 4.78 is 13.5. The van der Waals surface area contributed by atoms with Gasteiger partial charge in [0.15, 0.2) is 0 Å². The molecule has 1 heterocycles. The molecule has 150 valence electrons. The maximum absolute atomic E-state index is 13.5. The van der Waals surface area contributed by atoms with E-state index >= 15 is 0 Å². The Hall–Kier alpha value is -4.05. The predicted octanol–water partition coefficient (Wildman–Crippen LogP) is 6.12. The summed E-state index contributed by atoms with van der Waals surface area (Å²) in [5, 5.41) is 2.15. The van der Waals surface area contributed by atoms with E-state index in [1.165, 1.54) is 12.1 Å². The minimum atomic E-state index is -0.331. The van der Waals surface area contributed by atoms with Crippen molar-refractivity contribution in [1.82, 2.24) is 0 Å². The van der Waals surface area contributed by atoms with Crippen LogP contribution < -0.4 is 4.90 Å². The third-order valence-corrected chi connectivity index (χ3v) is 5.37. The third kappa shape index (κ3) is 3.53. The molecule has 3 nitrogen and oxygen atoms in total. The molecular weight excluding hydrogens is 387 g/mol. The van der Waals surface area contributed by atoms with Crippen LogP contribution in [-0.2, 0) is 4.79 Å². The van der Waals surface area contributed by atoms with Crippen LogP contribution in [-0.4, -0.2) is 11.7 Å². The number of hydrogen-bond acceptors (Lipinski definition) is 2. The molecule has 1 aliphatic heterocycles. The van der Waals surface area contributed by atoms with Gasteiger partial charge in [0, 0.05) is 5.56 Å². The first-order valence-electron chi connectivity index (χ1n) is 10.1. The van der Waals surface area contributed by atoms with E-state index in [1.54, 1.807) is 17.0 Å². The number of fused-ring (bicyclic) bond motifs is 1. The lowest BCUT2D eigenvalue weighted by atomic mass is 10.0. The zero-order valence-corrected chi connectivity index (χ0v) is 16.9. The average molecular weight is 406 g/mol. The topological polar surface area (TPSA) is 32.7 Å². The van der Waals surface area contributed by atoms with Gasteiger partial charge in [0.05, 0.1) is 5.69 Å². The van der Waals surface area contributed by atoms with E-state index in [1.807, 2.05) is 79.7 Å². The van der Waals surface area contributed by atoms with Crippen molar-refractivity contribution in [3.63, 3.8) is 0 Å². The molecule has 0 bridgehead atoms. The fraction of sp³-hybridized carbons (Fsp3) is 0.0370. The van der Waals surface area contributed by atoms with Crippen LogP contribution in [0.15, 0.2) is 102 Å². The van der Waals surface area contributed by atoms with Crippen molar-refractivity contribution in [2.45, 2.75) is 6.92 Å². The summed E-state index contributed by atoms with van der Waals surface area (Å²) in [7, 11) is 0. The van der Waals surface area contributed by atoms with Gasteiger partial charge in [0.25, 0.3) is 5.91 Å². The monoisotopic (exact) mass is 406 g/mol. The van der Waals surface area contributed by atoms with Crippen molar-refractivity contribution in [3.05, 3.63) is 119 Å². The summed E-state index contributed by atoms with van der Waals surface area (Å²) in [6.45, 7) is 2.00. The number of hydrogen-bond donors (Lipinski definition) is 0. The number of nitrogens with zero attached hydrogens (tertiary/aromatic N) is 2. The Morgan fingerprint density at radius 1 is 0.839 bits per heavy atom. The van der Waals surface area contributed by atoms with Crippen LogP contribution >= 0.6 is 0 Å². The Morgan fingerprint density at radius 2 is 1.55 bits per heavy atom. The Kier molecular flexibility index (Phi) is 4.68. The van der Waals surface area contributed by atoms with Gasteiger partial charge in [-0.25, -0.2) is 9.38 Å². The average Bonchev–Trinajstić information content (AvgIpc) is 3.11. The molecule has 0 saturated carbocycles. The molecule has 0 aliphatic carbocycles. The third-order valence-electron chi connectivity index (χ3n) is 5.37. The molecule has 0 radical (unpaired) electrons. The summed E-state index contributed by atoms with van der Waals surface area (Å²) >= 11 is 0. The van der Waals surface area contributed by atoms with Gasteiger partial charge in [-0.2, -0.15) is 0 Å². The van der Waals surface area contributed by atoms with E-state index in [4.69, 9.17) is 0 Å². The zero-order valence-electron chi connectivity index (χ0n) is 16.9. The second-order valence-corrected chi connectivity index (χ2v) is 7.52. The highest BCUT2D eigenvalue weighted by Gasteiger charge is 2.32. The highest BCUT2D eigenvalue weighted by atomic mass is 19.1. The fourth-order valence-electron chi connectivity index (χ4n) is 3.77. The number of aryl methyl sites for hydroxylation is 1. The summed E-state index contributed by atoms with van der Waals surface area (Å²) in [6, 6.07) is 27.8. The quantitative estimate of drug-likeness (QED) is 0.377. The first kappa shape index (κ1) is 18.9. The first-order chi connectivity index (χ1) is 15.1. The Labute approximate surface area is 179 Å². The van der Waals surface area contributed by atoms with Crippen LogP contribution in [0.2, 0.25) is 0 Å². The number of anilines is 1. The molecule has 4 heteroatoms. The van der Waals surface area contributed by atoms with Gasteiger partial charge in [0.2, 0.25) is 0 Å². The van der Waals surface area contributed by atoms with E-state index in [0.29, 0.717) is 17.1 Å². The predicted molar refractivity (Wildman–Crippen MR) is 124 cm³/mol. The van der Waals surface area contributed by atoms with Crippen molar-refractivity contribution >= 4 is 34.3 Å². The standard InChI is InChI=1S/C27H19FN2O/c1-18-9-15-23(16-10-18)30-26(20-11-13-22(28)14-12-20)29-25(27(30)31)17-21-7-4-6-19-5-2-3-8-24(19)21/h2-17H,1H3/b25-17+. The van der Waals surface area contributed by atoms with Crippen molar-refractivity contribution in [2.75, 3.05) is 4.90 Å². The lowest BCUT2D eigenvalue weighted by Gasteiger charge is -2.18. The second kappa shape index (κ2) is 7.65. The molecular formula is C27H19FN2O. The number of halogens is 1. The Balaban J connectivity index is 1.66. The Morgan fingerprint density at radius 3 is 2.32 bits per heavy atom. The van der Waals surface area contributed by atoms with Gasteiger partial charge < -0.3 is 0 Å². The zero-order chi connectivity index (χ0) is 21.4. The maximum atomic E-state index is 13.5. The highest BCUT2D eigenvalue weighted by molar-refractivity contribution is 6.33. The lowest BCUT2D eigenvalue weighted by molar-refractivity contribution is -0.113. The molecule has 31 heavy (non-hydrogen) atoms. The molecule has 5 rings (SSSR count). The number of benzene rings is 4. The van der Waals surface area contributed by atoms with Crippen LogP contribution in [0.1, 0.15) is 16.7 Å². The molecule has 0 unspecified atom stereocenters. The van der Waals surface area contributed by atoms with Crippen LogP contribution in [0.5, 0.6) is 0 Å². The lowest BCUT2D eigenvalue weighted by Crippen LogP contribution is -2.32. The molecule has 1 aliphatic rings. The molecule has 0 spiro atoms. The summed E-state index contributed by atoms with van der Waals surface area (Å²) in [6.07, 6.45) is 1.82. The minimum Gasteiger partial charge on any atom is -0.266 e. The van der Waals surface area contributed by atoms with E-state index in [9.17, 15) is 9.18 Å². The molecule has 0 atom stereocenters. The molecule has 0 fully saturated rings. The van der Waals surface area contributed by atoms with Crippen LogP contribution in [0.25, 0.3) is 16.8 Å². The normalized spacial score (nSPS) is 15.0. The number of amides is 1. The Bertz CT molecular complexity index is 1350. The number of carbonyl (C=O) groups is 1. The van der Waals surface area contributed by atoms with Crippen molar-refractivity contribution in [2.24, 2.45) is 4.99 Å². The van der Waals surface area contributed by atoms with Gasteiger partial charge in [-0.1, -0.05) is 60.2 Å². The largest absolute Gasteiger partial charge is 0.282 e. The van der Waals surface area contributed by atoms with Gasteiger partial charge >= 0.3 is 0 Å². The van der Waals surface area contributed by atoms with Crippen LogP contribution in [0.4, 0.5) is 10.1 Å². The number of aliphatic imine (C=N–C) groups is 1. The first-order valence-corrected chi connectivity index (χ1v) is 10.1. The fourth-order valence-corrected chi connectivity index (χ4v) is 3.77. The van der Waals surface area contributed by atoms with Crippen molar-refractivity contribution in [1.29, 1.82) is 0 Å². The van der Waals surface area contributed by atoms with Crippen molar-refractivity contribution in [3.8, 4) is 0 Å². The van der Waals surface area contributed by atoms with Crippen LogP contribution in [0.3, 0.4) is 0 Å². The minimum absolute atomic E-state index is 0.212. The van der Waals surface area contributed by atoms with E-state index in [2.05, 4.69) is 4.99 Å². The van der Waals surface area contributed by atoms with E-state index in [-0.39, 0.29) is 11.7 Å². The highest BCUT2D eigenvalue weighted by Crippen LogP contribution is 2.29. The molecule has 0 saturated heterocycles. The molecule has 4 aromatic carbocycles. The van der Waals surface area contributed by atoms with Gasteiger partial charge in [0.1, 0.15) is 17.3 Å². The SMILES string of the molecule is Cc1ccc(N2C(=O)/C(=C\c3cccc4ccccc34)N=C2c2ccc(F)cc2)cc1. The smallest absolute Gasteiger partial charge is 0.266 e. The second-order valence-electron chi connectivity index (χ2n) is 7.52. The molecule has 0 aromatic heterocycles. The number of amidine groups is 1. The molecule has 1 amide bonds. The van der Waals surface area contributed by atoms with Gasteiger partial charge in [-0.05, 0) is 65.7 Å². The van der Waals surface area contributed by atoms with E-state index in [0.717, 1.165) is 27.6 Å². The maximum Gasteiger partial charge on any atom is 0.282 e. The van der Waals surface area contributed by atoms with Gasteiger partial charge in [-0.3, -0.25) is 9.69 Å². The number of carbonyl (C=O) groups excluding carboxylic acids is 1. The molecule has 0 N–H and O–H groups in total. The van der Waals surface area contributed by atoms with Gasteiger partial charge in [-0.15, -0.1) is 0 Å². The summed E-state index contributed by atoms with van der Waals surface area (Å²) in [5.41, 5.74) is 3.77. The number of rotatable bonds is 3.